The molecule has 3 nitrogen and oxygen atoms in total. The van der Waals surface area contributed by atoms with E-state index in [9.17, 15) is 4.79 Å². The molecule has 0 saturated carbocycles. The first-order chi connectivity index (χ1) is 8.79. The van der Waals surface area contributed by atoms with E-state index in [-0.39, 0.29) is 12.1 Å². The zero-order valence-electron chi connectivity index (χ0n) is 10.5. The molecule has 1 saturated heterocycles. The summed E-state index contributed by atoms with van der Waals surface area (Å²) in [7, 11) is 1.45. The highest BCUT2D eigenvalue weighted by molar-refractivity contribution is 5.69. The lowest BCUT2D eigenvalue weighted by Gasteiger charge is -2.45. The third-order valence-corrected chi connectivity index (χ3v) is 3.98. The van der Waals surface area contributed by atoms with Crippen molar-refractivity contribution in [3.8, 4) is 0 Å². The minimum atomic E-state index is -0.213. The summed E-state index contributed by atoms with van der Waals surface area (Å²) in [5.74, 6) is 0.855. The van der Waals surface area contributed by atoms with Crippen molar-refractivity contribution >= 4 is 6.09 Å². The minimum Gasteiger partial charge on any atom is -0.453 e. The second-order valence-corrected chi connectivity index (χ2v) is 5.01. The molecular weight excluding hydrogens is 226 g/mol. The van der Waals surface area contributed by atoms with Gasteiger partial charge in [-0.1, -0.05) is 42.5 Å². The summed E-state index contributed by atoms with van der Waals surface area (Å²) in [6, 6.07) is 10.6. The molecular formula is C15H17NO2. The maximum Gasteiger partial charge on any atom is 0.410 e. The third kappa shape index (κ3) is 1.80. The van der Waals surface area contributed by atoms with E-state index < -0.39 is 0 Å². The zero-order chi connectivity index (χ0) is 12.5. The van der Waals surface area contributed by atoms with Crippen molar-refractivity contribution in [2.75, 3.05) is 13.7 Å². The van der Waals surface area contributed by atoms with Gasteiger partial charge in [0.1, 0.15) is 0 Å². The number of piperidine rings is 1. The summed E-state index contributed by atoms with van der Waals surface area (Å²) in [6.45, 7) is 0.789. The molecule has 2 aliphatic heterocycles. The highest BCUT2D eigenvalue weighted by Gasteiger charge is 2.40. The molecule has 18 heavy (non-hydrogen) atoms. The molecule has 0 radical (unpaired) electrons. The molecule has 3 aliphatic rings. The Balaban J connectivity index is 1.90. The first-order valence-electron chi connectivity index (χ1n) is 6.37. The Labute approximate surface area is 107 Å². The van der Waals surface area contributed by atoms with Gasteiger partial charge in [0, 0.05) is 12.5 Å². The number of amides is 1. The Morgan fingerprint density at radius 3 is 2.72 bits per heavy atom. The molecule has 0 aromatic heterocycles. The van der Waals surface area contributed by atoms with Crippen LogP contribution in [0.1, 0.15) is 17.9 Å². The first kappa shape index (κ1) is 11.3. The van der Waals surface area contributed by atoms with Gasteiger partial charge in [-0.05, 0) is 17.9 Å². The standard InChI is InChI=1S/C15H17NO2/c1-18-15(17)16-10-11-7-8-14(16)13(9-11)12-5-3-2-4-6-12/h2-8,11,13-14H,9-10H2,1H3/t11-,13-,14+/m1/s1. The van der Waals surface area contributed by atoms with Gasteiger partial charge in [0.25, 0.3) is 0 Å². The van der Waals surface area contributed by atoms with Crippen molar-refractivity contribution in [1.29, 1.82) is 0 Å². The molecule has 3 atom stereocenters. The highest BCUT2D eigenvalue weighted by Crippen LogP contribution is 2.40. The van der Waals surface area contributed by atoms with E-state index in [4.69, 9.17) is 4.74 Å². The Morgan fingerprint density at radius 1 is 1.28 bits per heavy atom. The Bertz CT molecular complexity index is 469. The summed E-state index contributed by atoms with van der Waals surface area (Å²) < 4.78 is 4.88. The summed E-state index contributed by atoms with van der Waals surface area (Å²) in [4.78, 5) is 13.7. The van der Waals surface area contributed by atoms with Crippen molar-refractivity contribution in [3.63, 3.8) is 0 Å². The van der Waals surface area contributed by atoms with Crippen molar-refractivity contribution in [3.05, 3.63) is 48.0 Å². The van der Waals surface area contributed by atoms with Gasteiger partial charge < -0.3 is 9.64 Å². The van der Waals surface area contributed by atoms with Gasteiger partial charge >= 0.3 is 6.09 Å². The van der Waals surface area contributed by atoms with Crippen molar-refractivity contribution < 1.29 is 9.53 Å². The largest absolute Gasteiger partial charge is 0.453 e. The number of hydrogen-bond acceptors (Lipinski definition) is 2. The Hall–Kier alpha value is -1.77. The van der Waals surface area contributed by atoms with Gasteiger partial charge in [-0.3, -0.25) is 0 Å². The summed E-state index contributed by atoms with van der Waals surface area (Å²) in [6.07, 6.45) is 5.31. The molecule has 0 N–H and O–H groups in total. The number of nitrogens with zero attached hydrogens (tertiary/aromatic N) is 1. The Kier molecular flexibility index (Phi) is 2.82. The van der Waals surface area contributed by atoms with Gasteiger partial charge in [-0.15, -0.1) is 0 Å². The van der Waals surface area contributed by atoms with Crippen LogP contribution in [0.25, 0.3) is 0 Å². The van der Waals surface area contributed by atoms with E-state index in [2.05, 4.69) is 36.4 Å². The number of ether oxygens (including phenoxy) is 1. The van der Waals surface area contributed by atoms with E-state index in [0.29, 0.717) is 11.8 Å². The monoisotopic (exact) mass is 243 g/mol. The first-order valence-corrected chi connectivity index (χ1v) is 6.37. The van der Waals surface area contributed by atoms with Crippen molar-refractivity contribution in [1.82, 2.24) is 4.90 Å². The molecule has 0 unspecified atom stereocenters. The quantitative estimate of drug-likeness (QED) is 0.710. The number of rotatable bonds is 1. The predicted molar refractivity (Wildman–Crippen MR) is 69.3 cm³/mol. The van der Waals surface area contributed by atoms with E-state index in [0.717, 1.165) is 13.0 Å². The van der Waals surface area contributed by atoms with E-state index in [1.807, 2.05) is 11.0 Å². The van der Waals surface area contributed by atoms with Crippen LogP contribution < -0.4 is 0 Å². The van der Waals surface area contributed by atoms with Crippen LogP contribution in [0.4, 0.5) is 4.79 Å². The normalized spacial score (nSPS) is 29.4. The molecule has 1 fully saturated rings. The highest BCUT2D eigenvalue weighted by atomic mass is 16.5. The van der Waals surface area contributed by atoms with Crippen LogP contribution in [0.3, 0.4) is 0 Å². The molecule has 1 amide bonds. The van der Waals surface area contributed by atoms with Crippen molar-refractivity contribution in [2.24, 2.45) is 5.92 Å². The van der Waals surface area contributed by atoms with Gasteiger partial charge in [-0.25, -0.2) is 4.79 Å². The number of hydrogen-bond donors (Lipinski definition) is 0. The lowest BCUT2D eigenvalue weighted by molar-refractivity contribution is 0.0773. The molecule has 0 spiro atoms. The molecule has 1 aliphatic carbocycles. The van der Waals surface area contributed by atoms with Crippen LogP contribution in [0.5, 0.6) is 0 Å². The average molecular weight is 243 g/mol. The summed E-state index contributed by atoms with van der Waals surface area (Å²) >= 11 is 0. The number of carbonyl (C=O) groups excluding carboxylic acids is 1. The number of carbonyl (C=O) groups is 1. The molecule has 2 bridgehead atoms. The van der Waals surface area contributed by atoms with Crippen LogP contribution in [0.2, 0.25) is 0 Å². The number of benzene rings is 1. The second-order valence-electron chi connectivity index (χ2n) is 5.01. The number of fused-ring (bicyclic) bond motifs is 2. The van der Waals surface area contributed by atoms with Crippen LogP contribution in [-0.2, 0) is 4.74 Å². The van der Waals surface area contributed by atoms with Crippen LogP contribution in [0, 0.1) is 5.92 Å². The van der Waals surface area contributed by atoms with Gasteiger partial charge in [-0.2, -0.15) is 0 Å². The molecule has 94 valence electrons. The van der Waals surface area contributed by atoms with E-state index in [1.54, 1.807) is 0 Å². The fraction of sp³-hybridized carbons (Fsp3) is 0.400. The predicted octanol–water partition coefficient (Wildman–Crippen LogP) is 2.80. The smallest absolute Gasteiger partial charge is 0.410 e. The molecule has 4 rings (SSSR count). The maximum atomic E-state index is 11.8. The van der Waals surface area contributed by atoms with Gasteiger partial charge in [0.2, 0.25) is 0 Å². The van der Waals surface area contributed by atoms with E-state index in [1.165, 1.54) is 12.7 Å². The summed E-state index contributed by atoms with van der Waals surface area (Å²) in [5.41, 5.74) is 1.31. The minimum absolute atomic E-state index is 0.143. The topological polar surface area (TPSA) is 29.5 Å². The van der Waals surface area contributed by atoms with Crippen molar-refractivity contribution in [2.45, 2.75) is 18.4 Å². The van der Waals surface area contributed by atoms with Crippen LogP contribution in [0.15, 0.2) is 42.5 Å². The third-order valence-electron chi connectivity index (χ3n) is 3.98. The maximum absolute atomic E-state index is 11.8. The molecule has 1 aromatic carbocycles. The SMILES string of the molecule is COC(=O)N1C[C@@H]2C=C[C@H]1[C@@H](c1ccccc1)C2. The number of methoxy groups -OCH3 is 1. The molecule has 3 heteroatoms. The lowest BCUT2D eigenvalue weighted by atomic mass is 9.74. The fourth-order valence-electron chi connectivity index (χ4n) is 3.13. The summed E-state index contributed by atoms with van der Waals surface area (Å²) in [5, 5.41) is 0. The van der Waals surface area contributed by atoms with E-state index >= 15 is 0 Å². The second kappa shape index (κ2) is 4.48. The average Bonchev–Trinajstić information content (AvgIpc) is 2.47. The fourth-order valence-corrected chi connectivity index (χ4v) is 3.13. The van der Waals surface area contributed by atoms with Gasteiger partial charge in [0.15, 0.2) is 0 Å². The molecule has 2 heterocycles. The van der Waals surface area contributed by atoms with Crippen LogP contribution in [-0.4, -0.2) is 30.7 Å². The Morgan fingerprint density at radius 2 is 2.06 bits per heavy atom. The zero-order valence-corrected chi connectivity index (χ0v) is 10.5. The van der Waals surface area contributed by atoms with Gasteiger partial charge in [0.05, 0.1) is 13.2 Å². The van der Waals surface area contributed by atoms with Crippen LogP contribution >= 0.6 is 0 Å². The lowest BCUT2D eigenvalue weighted by Crippen LogP contribution is -2.51. The molecule has 1 aromatic rings.